The first-order valence-corrected chi connectivity index (χ1v) is 6.77. The third-order valence-corrected chi connectivity index (χ3v) is 3.52. The van der Waals surface area contributed by atoms with Crippen molar-refractivity contribution < 1.29 is 18.3 Å². The van der Waals surface area contributed by atoms with Gasteiger partial charge in [0.1, 0.15) is 5.65 Å². The normalized spacial score (nSPS) is 17.4. The van der Waals surface area contributed by atoms with E-state index in [1.54, 1.807) is 34.6 Å². The minimum Gasteiger partial charge on any atom is -0.461 e. The summed E-state index contributed by atoms with van der Waals surface area (Å²) in [7, 11) is 0. The molecule has 3 heterocycles. The van der Waals surface area contributed by atoms with Crippen LogP contribution in [-0.2, 0) is 4.74 Å². The van der Waals surface area contributed by atoms with Gasteiger partial charge in [0.25, 0.3) is 5.92 Å². The molecule has 0 amide bonds. The lowest BCUT2D eigenvalue weighted by Crippen LogP contribution is -2.24. The maximum absolute atomic E-state index is 13.3. The SMILES string of the molecule is CCOC(=O)c1cnc2cc(N3CCC(F)(F)C3)ccn12. The number of carbonyl (C=O) groups is 1. The highest BCUT2D eigenvalue weighted by Crippen LogP contribution is 2.31. The summed E-state index contributed by atoms with van der Waals surface area (Å²) < 4.78 is 33.1. The molecule has 0 bridgehead atoms. The number of hydrogen-bond acceptors (Lipinski definition) is 4. The second-order valence-electron chi connectivity index (χ2n) is 5.00. The maximum atomic E-state index is 13.3. The summed E-state index contributed by atoms with van der Waals surface area (Å²) >= 11 is 0. The molecule has 0 aromatic carbocycles. The first kappa shape index (κ1) is 13.8. The summed E-state index contributed by atoms with van der Waals surface area (Å²) in [5.74, 6) is -3.09. The standard InChI is InChI=1S/C14H15F2N3O2/c1-2-21-13(20)11-8-17-12-7-10(3-5-19(11)12)18-6-4-14(15,16)9-18/h3,5,7-8H,2,4,6,9H2,1H3. The second kappa shape index (κ2) is 4.98. The van der Waals surface area contributed by atoms with Crippen LogP contribution in [0.3, 0.4) is 0 Å². The molecule has 3 rings (SSSR count). The summed E-state index contributed by atoms with van der Waals surface area (Å²) in [6.07, 6.45) is 2.94. The summed E-state index contributed by atoms with van der Waals surface area (Å²) in [6.45, 7) is 2.04. The molecule has 0 saturated carbocycles. The average molecular weight is 295 g/mol. The van der Waals surface area contributed by atoms with E-state index in [0.717, 1.165) is 0 Å². The van der Waals surface area contributed by atoms with Crippen LogP contribution in [0.25, 0.3) is 5.65 Å². The second-order valence-corrected chi connectivity index (χ2v) is 5.00. The Morgan fingerprint density at radius 2 is 2.33 bits per heavy atom. The number of nitrogens with zero attached hydrogens (tertiary/aromatic N) is 3. The molecule has 0 aliphatic carbocycles. The lowest BCUT2D eigenvalue weighted by atomic mass is 10.3. The number of pyridine rings is 1. The van der Waals surface area contributed by atoms with E-state index in [0.29, 0.717) is 23.6 Å². The van der Waals surface area contributed by atoms with E-state index in [4.69, 9.17) is 4.74 Å². The first-order valence-electron chi connectivity index (χ1n) is 6.77. The molecule has 7 heteroatoms. The number of ether oxygens (including phenoxy) is 1. The zero-order chi connectivity index (χ0) is 15.0. The summed E-state index contributed by atoms with van der Waals surface area (Å²) in [5, 5.41) is 0. The quantitative estimate of drug-likeness (QED) is 0.816. The highest BCUT2D eigenvalue weighted by atomic mass is 19.3. The topological polar surface area (TPSA) is 46.8 Å². The predicted octanol–water partition coefficient (Wildman–Crippen LogP) is 2.36. The molecular weight excluding hydrogens is 280 g/mol. The van der Waals surface area contributed by atoms with Crippen LogP contribution in [0.1, 0.15) is 23.8 Å². The van der Waals surface area contributed by atoms with Gasteiger partial charge in [0, 0.05) is 30.9 Å². The van der Waals surface area contributed by atoms with Crippen molar-refractivity contribution in [3.63, 3.8) is 0 Å². The molecule has 0 N–H and O–H groups in total. The molecular formula is C14H15F2N3O2. The highest BCUT2D eigenvalue weighted by Gasteiger charge is 2.38. The van der Waals surface area contributed by atoms with Gasteiger partial charge in [-0.3, -0.25) is 4.40 Å². The first-order chi connectivity index (χ1) is 10.00. The monoisotopic (exact) mass is 295 g/mol. The van der Waals surface area contributed by atoms with E-state index < -0.39 is 11.9 Å². The molecule has 21 heavy (non-hydrogen) atoms. The molecule has 112 valence electrons. The van der Waals surface area contributed by atoms with E-state index in [2.05, 4.69) is 4.98 Å². The Hall–Kier alpha value is -2.18. The summed E-state index contributed by atoms with van der Waals surface area (Å²) in [6, 6.07) is 3.41. The fraction of sp³-hybridized carbons (Fsp3) is 0.429. The molecule has 0 atom stereocenters. The number of alkyl halides is 2. The zero-order valence-corrected chi connectivity index (χ0v) is 11.6. The molecule has 2 aromatic heterocycles. The van der Waals surface area contributed by atoms with E-state index >= 15 is 0 Å². The Morgan fingerprint density at radius 1 is 1.52 bits per heavy atom. The Kier molecular flexibility index (Phi) is 3.27. The molecule has 0 radical (unpaired) electrons. The number of rotatable bonds is 3. The third-order valence-electron chi connectivity index (χ3n) is 3.52. The molecule has 1 aliphatic rings. The number of fused-ring (bicyclic) bond motifs is 1. The van der Waals surface area contributed by atoms with Gasteiger partial charge in [0.05, 0.1) is 19.3 Å². The van der Waals surface area contributed by atoms with Crippen LogP contribution in [-0.4, -0.2) is 41.0 Å². The van der Waals surface area contributed by atoms with Crippen molar-refractivity contribution in [2.75, 3.05) is 24.6 Å². The van der Waals surface area contributed by atoms with Gasteiger partial charge in [-0.15, -0.1) is 0 Å². The van der Waals surface area contributed by atoms with Crippen LogP contribution >= 0.6 is 0 Å². The fourth-order valence-corrected chi connectivity index (χ4v) is 2.48. The van der Waals surface area contributed by atoms with Crippen molar-refractivity contribution in [3.05, 3.63) is 30.2 Å². The van der Waals surface area contributed by atoms with Gasteiger partial charge in [0.2, 0.25) is 0 Å². The molecule has 2 aromatic rings. The Labute approximate surface area is 120 Å². The maximum Gasteiger partial charge on any atom is 0.356 e. The van der Waals surface area contributed by atoms with Crippen molar-refractivity contribution in [3.8, 4) is 0 Å². The van der Waals surface area contributed by atoms with Crippen molar-refractivity contribution in [1.29, 1.82) is 0 Å². The van der Waals surface area contributed by atoms with Gasteiger partial charge in [-0.2, -0.15) is 0 Å². The number of halogens is 2. The molecule has 0 unspecified atom stereocenters. The Balaban J connectivity index is 1.90. The molecule has 1 aliphatic heterocycles. The Bertz CT molecular complexity index is 684. The minimum atomic E-state index is -2.64. The number of hydrogen-bond donors (Lipinski definition) is 0. The van der Waals surface area contributed by atoms with Crippen molar-refractivity contribution in [2.24, 2.45) is 0 Å². The van der Waals surface area contributed by atoms with Gasteiger partial charge in [0.15, 0.2) is 5.69 Å². The average Bonchev–Trinajstić information content (AvgIpc) is 3.01. The van der Waals surface area contributed by atoms with Gasteiger partial charge in [-0.05, 0) is 13.0 Å². The number of carbonyl (C=O) groups excluding carboxylic acids is 1. The van der Waals surface area contributed by atoms with Crippen LogP contribution in [0.15, 0.2) is 24.5 Å². The summed E-state index contributed by atoms with van der Waals surface area (Å²) in [5.41, 5.74) is 1.54. The molecule has 0 spiro atoms. The van der Waals surface area contributed by atoms with Gasteiger partial charge < -0.3 is 9.64 Å². The zero-order valence-electron chi connectivity index (χ0n) is 11.6. The third kappa shape index (κ3) is 2.55. The molecule has 5 nitrogen and oxygen atoms in total. The van der Waals surface area contributed by atoms with E-state index in [-0.39, 0.29) is 19.6 Å². The lowest BCUT2D eigenvalue weighted by Gasteiger charge is -2.18. The number of imidazole rings is 1. The van der Waals surface area contributed by atoms with Crippen LogP contribution in [0.5, 0.6) is 0 Å². The van der Waals surface area contributed by atoms with Crippen LogP contribution in [0.4, 0.5) is 14.5 Å². The molecule has 1 fully saturated rings. The van der Waals surface area contributed by atoms with Crippen molar-refractivity contribution in [2.45, 2.75) is 19.3 Å². The van der Waals surface area contributed by atoms with Crippen molar-refractivity contribution >= 4 is 17.3 Å². The lowest BCUT2D eigenvalue weighted by molar-refractivity contribution is 0.0257. The number of anilines is 1. The molecule has 1 saturated heterocycles. The van der Waals surface area contributed by atoms with Gasteiger partial charge in [-0.25, -0.2) is 18.6 Å². The fourth-order valence-electron chi connectivity index (χ4n) is 2.48. The van der Waals surface area contributed by atoms with Gasteiger partial charge >= 0.3 is 5.97 Å². The van der Waals surface area contributed by atoms with E-state index in [9.17, 15) is 13.6 Å². The highest BCUT2D eigenvalue weighted by molar-refractivity contribution is 5.88. The minimum absolute atomic E-state index is 0.138. The Morgan fingerprint density at radius 3 is 3.00 bits per heavy atom. The van der Waals surface area contributed by atoms with E-state index in [1.165, 1.54) is 6.20 Å². The smallest absolute Gasteiger partial charge is 0.356 e. The van der Waals surface area contributed by atoms with Crippen molar-refractivity contribution in [1.82, 2.24) is 9.38 Å². The van der Waals surface area contributed by atoms with Gasteiger partial charge in [-0.1, -0.05) is 0 Å². The van der Waals surface area contributed by atoms with Crippen LogP contribution < -0.4 is 4.90 Å². The van der Waals surface area contributed by atoms with Crippen LogP contribution in [0.2, 0.25) is 0 Å². The number of aromatic nitrogens is 2. The van der Waals surface area contributed by atoms with E-state index in [1.807, 2.05) is 0 Å². The number of esters is 1. The summed E-state index contributed by atoms with van der Waals surface area (Å²) in [4.78, 5) is 17.5. The largest absolute Gasteiger partial charge is 0.461 e. The van der Waals surface area contributed by atoms with Crippen LogP contribution in [0, 0.1) is 0 Å². The predicted molar refractivity (Wildman–Crippen MR) is 72.9 cm³/mol.